The number of H-pyrrole nitrogens is 1. The van der Waals surface area contributed by atoms with Gasteiger partial charge >= 0.3 is 0 Å². The van der Waals surface area contributed by atoms with E-state index in [0.29, 0.717) is 31.5 Å². The summed E-state index contributed by atoms with van der Waals surface area (Å²) in [6, 6.07) is 2.17. The molecule has 1 saturated carbocycles. The molecule has 0 saturated heterocycles. The number of hydrogen-bond donors (Lipinski definition) is 1. The number of nitrogens with zero attached hydrogens (tertiary/aromatic N) is 6. The Bertz CT molecular complexity index is 856. The molecule has 4 rings (SSSR count). The van der Waals surface area contributed by atoms with Crippen molar-refractivity contribution < 1.29 is 4.79 Å². The normalized spacial score (nSPS) is 16.2. The van der Waals surface area contributed by atoms with Crippen molar-refractivity contribution in [2.75, 3.05) is 37.5 Å². The molecule has 0 unspecified atom stereocenters. The van der Waals surface area contributed by atoms with Gasteiger partial charge in [-0.05, 0) is 25.3 Å². The van der Waals surface area contributed by atoms with Crippen LogP contribution in [0, 0.1) is 0 Å². The minimum Gasteiger partial charge on any atom is -0.353 e. The number of hydrogen-bond acceptors (Lipinski definition) is 6. The van der Waals surface area contributed by atoms with Crippen molar-refractivity contribution in [2.24, 2.45) is 0 Å². The molecule has 2 aliphatic rings. The second-order valence-electron chi connectivity index (χ2n) is 7.81. The maximum atomic E-state index is 11.8. The van der Waals surface area contributed by atoms with Crippen molar-refractivity contribution in [1.29, 1.82) is 0 Å². The Morgan fingerprint density at radius 2 is 2.07 bits per heavy atom. The van der Waals surface area contributed by atoms with E-state index < -0.39 is 0 Å². The van der Waals surface area contributed by atoms with Crippen LogP contribution in [0.4, 0.5) is 11.8 Å². The third kappa shape index (κ3) is 3.61. The van der Waals surface area contributed by atoms with E-state index in [4.69, 9.17) is 9.97 Å². The highest BCUT2D eigenvalue weighted by molar-refractivity contribution is 5.73. The van der Waals surface area contributed by atoms with Crippen LogP contribution in [0.3, 0.4) is 0 Å². The van der Waals surface area contributed by atoms with Crippen LogP contribution in [0.25, 0.3) is 0 Å². The minimum atomic E-state index is 0.0886. The summed E-state index contributed by atoms with van der Waals surface area (Å²) in [5.74, 6) is 2.34. The Labute approximate surface area is 159 Å². The predicted molar refractivity (Wildman–Crippen MR) is 104 cm³/mol. The first-order valence-electron chi connectivity index (χ1n) is 9.50. The average Bonchev–Trinajstić information content (AvgIpc) is 3.39. The number of carbonyl (C=O) groups is 1. The Balaban J connectivity index is 1.62. The zero-order chi connectivity index (χ0) is 19.1. The van der Waals surface area contributed by atoms with Gasteiger partial charge in [-0.25, -0.2) is 4.98 Å². The number of nitrogens with one attached hydrogen (secondary N) is 1. The van der Waals surface area contributed by atoms with Crippen molar-refractivity contribution in [3.63, 3.8) is 0 Å². The number of rotatable bonds is 5. The molecular formula is C19H27N7O. The minimum absolute atomic E-state index is 0.0886. The summed E-state index contributed by atoms with van der Waals surface area (Å²) in [5.41, 5.74) is 4.36. The van der Waals surface area contributed by atoms with Crippen LogP contribution in [0.15, 0.2) is 6.07 Å². The van der Waals surface area contributed by atoms with E-state index in [9.17, 15) is 4.79 Å². The first-order valence-corrected chi connectivity index (χ1v) is 9.50. The fourth-order valence-electron chi connectivity index (χ4n) is 3.56. The van der Waals surface area contributed by atoms with Gasteiger partial charge in [0.15, 0.2) is 0 Å². The molecule has 8 heteroatoms. The van der Waals surface area contributed by atoms with Gasteiger partial charge in [0.1, 0.15) is 5.82 Å². The van der Waals surface area contributed by atoms with Crippen LogP contribution in [0.1, 0.15) is 48.3 Å². The topological polar surface area (TPSA) is 81.2 Å². The highest BCUT2D eigenvalue weighted by Gasteiger charge is 2.28. The molecule has 0 radical (unpaired) electrons. The van der Waals surface area contributed by atoms with Crippen LogP contribution < -0.4 is 9.80 Å². The van der Waals surface area contributed by atoms with Crippen molar-refractivity contribution >= 4 is 17.7 Å². The standard InChI is InChI=1S/C19H27N7O/c1-12(27)26-8-7-15-17(11-26)20-19(24(2)3)21-18(15)25(4)10-14-9-16(23-22-14)13-5-6-13/h9,13H,5-8,10-11H2,1-4H3,(H,22,23). The van der Waals surface area contributed by atoms with Gasteiger partial charge < -0.3 is 14.7 Å². The fourth-order valence-corrected chi connectivity index (χ4v) is 3.56. The molecule has 27 heavy (non-hydrogen) atoms. The molecule has 1 fully saturated rings. The molecule has 2 aromatic heterocycles. The molecule has 8 nitrogen and oxygen atoms in total. The summed E-state index contributed by atoms with van der Waals surface area (Å²) in [6.07, 6.45) is 3.27. The third-order valence-electron chi connectivity index (χ3n) is 5.29. The summed E-state index contributed by atoms with van der Waals surface area (Å²) < 4.78 is 0. The van der Waals surface area contributed by atoms with Gasteiger partial charge in [0.25, 0.3) is 0 Å². The lowest BCUT2D eigenvalue weighted by molar-refractivity contribution is -0.129. The van der Waals surface area contributed by atoms with Crippen molar-refractivity contribution in [2.45, 2.75) is 45.2 Å². The lowest BCUT2D eigenvalue weighted by Crippen LogP contribution is -2.36. The second-order valence-corrected chi connectivity index (χ2v) is 7.81. The zero-order valence-electron chi connectivity index (χ0n) is 16.5. The van der Waals surface area contributed by atoms with E-state index in [1.807, 2.05) is 23.9 Å². The molecule has 2 aromatic rings. The monoisotopic (exact) mass is 369 g/mol. The molecular weight excluding hydrogens is 342 g/mol. The van der Waals surface area contributed by atoms with Gasteiger partial charge in [-0.1, -0.05) is 0 Å². The van der Waals surface area contributed by atoms with E-state index in [1.165, 1.54) is 18.5 Å². The second kappa shape index (κ2) is 6.83. The number of carbonyl (C=O) groups excluding carboxylic acids is 1. The largest absolute Gasteiger partial charge is 0.353 e. The highest BCUT2D eigenvalue weighted by Crippen LogP contribution is 2.39. The first kappa shape index (κ1) is 17.8. The van der Waals surface area contributed by atoms with Gasteiger partial charge in [0.05, 0.1) is 30.2 Å². The van der Waals surface area contributed by atoms with E-state index in [-0.39, 0.29) is 5.91 Å². The van der Waals surface area contributed by atoms with E-state index in [0.717, 1.165) is 29.2 Å². The summed E-state index contributed by atoms with van der Waals surface area (Å²) in [4.78, 5) is 27.2. The Hall–Kier alpha value is -2.64. The molecule has 1 aliphatic carbocycles. The van der Waals surface area contributed by atoms with Crippen LogP contribution in [-0.2, 0) is 24.3 Å². The number of amides is 1. The molecule has 0 bridgehead atoms. The van der Waals surface area contributed by atoms with Crippen molar-refractivity contribution in [1.82, 2.24) is 25.1 Å². The predicted octanol–water partition coefficient (Wildman–Crippen LogP) is 1.68. The summed E-state index contributed by atoms with van der Waals surface area (Å²) in [6.45, 7) is 3.59. The van der Waals surface area contributed by atoms with Crippen LogP contribution in [-0.4, -0.2) is 58.7 Å². The molecule has 1 N–H and O–H groups in total. The third-order valence-corrected chi connectivity index (χ3v) is 5.29. The number of fused-ring (bicyclic) bond motifs is 1. The molecule has 1 amide bonds. The summed E-state index contributed by atoms with van der Waals surface area (Å²) in [5, 5.41) is 7.62. The Morgan fingerprint density at radius 1 is 1.30 bits per heavy atom. The number of anilines is 2. The van der Waals surface area contributed by atoms with Crippen LogP contribution in [0.5, 0.6) is 0 Å². The maximum Gasteiger partial charge on any atom is 0.227 e. The fraction of sp³-hybridized carbons (Fsp3) is 0.579. The first-order chi connectivity index (χ1) is 12.9. The molecule has 144 valence electrons. The average molecular weight is 369 g/mol. The van der Waals surface area contributed by atoms with Crippen molar-refractivity contribution in [3.8, 4) is 0 Å². The number of aromatic nitrogens is 4. The SMILES string of the molecule is CC(=O)N1CCc2c(nc(N(C)C)nc2N(C)Cc2cc(C3CC3)n[nH]2)C1. The zero-order valence-corrected chi connectivity index (χ0v) is 16.5. The van der Waals surface area contributed by atoms with E-state index >= 15 is 0 Å². The molecule has 3 heterocycles. The van der Waals surface area contributed by atoms with E-state index in [2.05, 4.69) is 28.2 Å². The van der Waals surface area contributed by atoms with Gasteiger partial charge in [0, 0.05) is 46.1 Å². The lowest BCUT2D eigenvalue weighted by Gasteiger charge is -2.31. The van der Waals surface area contributed by atoms with Crippen LogP contribution >= 0.6 is 0 Å². The van der Waals surface area contributed by atoms with Gasteiger partial charge in [-0.15, -0.1) is 0 Å². The lowest BCUT2D eigenvalue weighted by atomic mass is 10.0. The van der Waals surface area contributed by atoms with Gasteiger partial charge in [-0.3, -0.25) is 9.89 Å². The molecule has 0 atom stereocenters. The molecule has 0 spiro atoms. The Kier molecular flexibility index (Phi) is 4.49. The number of aromatic amines is 1. The van der Waals surface area contributed by atoms with E-state index in [1.54, 1.807) is 6.92 Å². The van der Waals surface area contributed by atoms with Gasteiger partial charge in [0.2, 0.25) is 11.9 Å². The molecule has 0 aromatic carbocycles. The summed E-state index contributed by atoms with van der Waals surface area (Å²) in [7, 11) is 5.93. The Morgan fingerprint density at radius 3 is 2.74 bits per heavy atom. The summed E-state index contributed by atoms with van der Waals surface area (Å²) >= 11 is 0. The maximum absolute atomic E-state index is 11.8. The quantitative estimate of drug-likeness (QED) is 0.864. The van der Waals surface area contributed by atoms with Crippen molar-refractivity contribution in [3.05, 3.63) is 28.7 Å². The van der Waals surface area contributed by atoms with Gasteiger partial charge in [-0.2, -0.15) is 10.1 Å². The smallest absolute Gasteiger partial charge is 0.227 e. The van der Waals surface area contributed by atoms with Crippen LogP contribution in [0.2, 0.25) is 0 Å². The molecule has 1 aliphatic heterocycles. The highest BCUT2D eigenvalue weighted by atomic mass is 16.2.